The summed E-state index contributed by atoms with van der Waals surface area (Å²) in [5.41, 5.74) is 2.46. The maximum atomic E-state index is 13.0. The molecule has 0 aliphatic carbocycles. The predicted octanol–water partition coefficient (Wildman–Crippen LogP) is 2.51. The van der Waals surface area contributed by atoms with E-state index in [1.54, 1.807) is 7.05 Å². The molecule has 1 aromatic carbocycles. The van der Waals surface area contributed by atoms with Crippen LogP contribution in [0.2, 0.25) is 0 Å². The van der Waals surface area contributed by atoms with Gasteiger partial charge in [0.2, 0.25) is 0 Å². The molecule has 3 rings (SSSR count). The molecule has 2 heterocycles. The maximum absolute atomic E-state index is 13.0. The number of aliphatic imine (C=N–C) groups is 1. The number of piperazine rings is 1. The zero-order valence-electron chi connectivity index (χ0n) is 18.7. The molecular weight excluding hydrogens is 407 g/mol. The van der Waals surface area contributed by atoms with Gasteiger partial charge in [-0.25, -0.2) is 0 Å². The second-order valence-electron chi connectivity index (χ2n) is 8.25. The van der Waals surface area contributed by atoms with Gasteiger partial charge >= 0.3 is 6.18 Å². The summed E-state index contributed by atoms with van der Waals surface area (Å²) in [5.74, 6) is 0.741. The number of aryl methyl sites for hydroxylation is 1. The Morgan fingerprint density at radius 2 is 1.77 bits per heavy atom. The summed E-state index contributed by atoms with van der Waals surface area (Å²) < 4.78 is 44.6. The summed E-state index contributed by atoms with van der Waals surface area (Å²) in [7, 11) is 1.73. The van der Waals surface area contributed by atoms with Crippen molar-refractivity contribution in [2.75, 3.05) is 66.1 Å². The Bertz CT molecular complexity index is 728. The van der Waals surface area contributed by atoms with Crippen LogP contribution in [0.15, 0.2) is 29.3 Å². The Kier molecular flexibility index (Phi) is 8.18. The van der Waals surface area contributed by atoms with Crippen molar-refractivity contribution in [2.24, 2.45) is 4.99 Å². The highest BCUT2D eigenvalue weighted by Gasteiger charge is 2.41. The second-order valence-corrected chi connectivity index (χ2v) is 8.25. The average molecular weight is 442 g/mol. The van der Waals surface area contributed by atoms with Crippen molar-refractivity contribution in [3.63, 3.8) is 0 Å². The van der Waals surface area contributed by atoms with Crippen molar-refractivity contribution in [3.05, 3.63) is 35.4 Å². The van der Waals surface area contributed by atoms with E-state index in [-0.39, 0.29) is 6.04 Å². The number of morpholine rings is 1. The summed E-state index contributed by atoms with van der Waals surface area (Å²) in [6.07, 6.45) is -4.19. The quantitative estimate of drug-likeness (QED) is 0.562. The van der Waals surface area contributed by atoms with Crippen LogP contribution in [0.1, 0.15) is 24.1 Å². The van der Waals surface area contributed by atoms with E-state index in [1.165, 1.54) is 23.0 Å². The molecule has 0 saturated carbocycles. The van der Waals surface area contributed by atoms with Crippen molar-refractivity contribution in [3.8, 4) is 0 Å². The minimum absolute atomic E-state index is 0.173. The van der Waals surface area contributed by atoms with Crippen molar-refractivity contribution >= 4 is 5.96 Å². The first-order valence-corrected chi connectivity index (χ1v) is 10.9. The minimum atomic E-state index is -4.19. The summed E-state index contributed by atoms with van der Waals surface area (Å²) >= 11 is 0. The third-order valence-corrected chi connectivity index (χ3v) is 6.21. The molecule has 1 N–H and O–H groups in total. The number of rotatable bonds is 5. The molecule has 2 aliphatic rings. The Labute approximate surface area is 183 Å². The lowest BCUT2D eigenvalue weighted by atomic mass is 10.0. The number of benzene rings is 1. The SMILES string of the molecule is CN=C(NCC(c1cccc(C)c1)N1CCOCC1)N1CCN(C(C)C(F)(F)F)CC1. The van der Waals surface area contributed by atoms with Crippen molar-refractivity contribution in [1.29, 1.82) is 0 Å². The lowest BCUT2D eigenvalue weighted by molar-refractivity contribution is -0.181. The monoisotopic (exact) mass is 441 g/mol. The van der Waals surface area contributed by atoms with Crippen LogP contribution < -0.4 is 5.32 Å². The van der Waals surface area contributed by atoms with Crippen molar-refractivity contribution in [2.45, 2.75) is 32.1 Å². The summed E-state index contributed by atoms with van der Waals surface area (Å²) in [6, 6.07) is 7.28. The molecule has 2 fully saturated rings. The van der Waals surface area contributed by atoms with E-state index in [4.69, 9.17) is 4.74 Å². The summed E-state index contributed by atoms with van der Waals surface area (Å²) in [5, 5.41) is 3.48. The van der Waals surface area contributed by atoms with Gasteiger partial charge in [0.1, 0.15) is 6.04 Å². The van der Waals surface area contributed by atoms with Crippen LogP contribution in [0, 0.1) is 6.92 Å². The largest absolute Gasteiger partial charge is 0.403 e. The van der Waals surface area contributed by atoms with Crippen LogP contribution in [0.4, 0.5) is 13.2 Å². The number of guanidine groups is 1. The maximum Gasteiger partial charge on any atom is 0.403 e. The fourth-order valence-electron chi connectivity index (χ4n) is 4.27. The van der Waals surface area contributed by atoms with Gasteiger partial charge in [-0.3, -0.25) is 14.8 Å². The molecule has 0 bridgehead atoms. The number of halogens is 3. The molecule has 31 heavy (non-hydrogen) atoms. The van der Waals surface area contributed by atoms with Crippen LogP contribution in [0.25, 0.3) is 0 Å². The number of alkyl halides is 3. The lowest BCUT2D eigenvalue weighted by Gasteiger charge is -2.40. The van der Waals surface area contributed by atoms with Crippen molar-refractivity contribution < 1.29 is 17.9 Å². The van der Waals surface area contributed by atoms with E-state index in [0.717, 1.165) is 32.3 Å². The zero-order chi connectivity index (χ0) is 22.4. The number of hydrogen-bond donors (Lipinski definition) is 1. The van der Waals surface area contributed by atoms with Crippen LogP contribution in [0.3, 0.4) is 0 Å². The number of nitrogens with one attached hydrogen (secondary N) is 1. The summed E-state index contributed by atoms with van der Waals surface area (Å²) in [4.78, 5) is 10.4. The first-order valence-electron chi connectivity index (χ1n) is 10.9. The van der Waals surface area contributed by atoms with E-state index in [2.05, 4.69) is 46.4 Å². The van der Waals surface area contributed by atoms with Crippen molar-refractivity contribution in [1.82, 2.24) is 20.0 Å². The Morgan fingerprint density at radius 3 is 2.35 bits per heavy atom. The Morgan fingerprint density at radius 1 is 1.10 bits per heavy atom. The van der Waals surface area contributed by atoms with Gasteiger partial charge in [0.15, 0.2) is 5.96 Å². The van der Waals surface area contributed by atoms with Gasteiger partial charge in [0, 0.05) is 52.9 Å². The first-order chi connectivity index (χ1) is 14.8. The third kappa shape index (κ3) is 6.33. The molecule has 174 valence electrons. The van der Waals surface area contributed by atoms with E-state index >= 15 is 0 Å². The molecule has 0 spiro atoms. The fraction of sp³-hybridized carbons (Fsp3) is 0.682. The van der Waals surface area contributed by atoms with Gasteiger partial charge in [-0.2, -0.15) is 13.2 Å². The topological polar surface area (TPSA) is 43.3 Å². The number of hydrogen-bond acceptors (Lipinski definition) is 4. The molecule has 2 unspecified atom stereocenters. The van der Waals surface area contributed by atoms with E-state index < -0.39 is 12.2 Å². The standard InChI is InChI=1S/C22H34F3N5O/c1-17-5-4-6-19(15-17)20(29-11-13-31-14-12-29)16-27-21(26-3)30-9-7-28(8-10-30)18(2)22(23,24)25/h4-6,15,18,20H,7-14,16H2,1-3H3,(H,26,27). The van der Waals surface area contributed by atoms with E-state index in [1.807, 2.05) is 4.90 Å². The molecule has 2 saturated heterocycles. The highest BCUT2D eigenvalue weighted by Crippen LogP contribution is 2.25. The molecule has 6 nitrogen and oxygen atoms in total. The zero-order valence-corrected chi connectivity index (χ0v) is 18.7. The highest BCUT2D eigenvalue weighted by atomic mass is 19.4. The van der Waals surface area contributed by atoms with Crippen LogP contribution in [0.5, 0.6) is 0 Å². The predicted molar refractivity (Wildman–Crippen MR) is 116 cm³/mol. The third-order valence-electron chi connectivity index (χ3n) is 6.21. The first kappa shape index (κ1) is 23.8. The molecule has 2 aliphatic heterocycles. The van der Waals surface area contributed by atoms with Gasteiger partial charge in [-0.15, -0.1) is 0 Å². The Hall–Kier alpha value is -1.84. The van der Waals surface area contributed by atoms with Crippen LogP contribution >= 0.6 is 0 Å². The van der Waals surface area contributed by atoms with E-state index in [9.17, 15) is 13.2 Å². The molecule has 9 heteroatoms. The molecule has 2 atom stereocenters. The average Bonchev–Trinajstić information content (AvgIpc) is 2.76. The van der Waals surface area contributed by atoms with Gasteiger partial charge in [-0.05, 0) is 19.4 Å². The van der Waals surface area contributed by atoms with Gasteiger partial charge in [0.25, 0.3) is 0 Å². The second kappa shape index (κ2) is 10.7. The summed E-state index contributed by atoms with van der Waals surface area (Å²) in [6.45, 7) is 8.95. The lowest BCUT2D eigenvalue weighted by Crippen LogP contribution is -2.57. The van der Waals surface area contributed by atoms with E-state index in [0.29, 0.717) is 32.7 Å². The molecular formula is C22H34F3N5O. The van der Waals surface area contributed by atoms with Gasteiger partial charge < -0.3 is 15.0 Å². The number of ether oxygens (including phenoxy) is 1. The van der Waals surface area contributed by atoms with Crippen LogP contribution in [-0.2, 0) is 4.74 Å². The van der Waals surface area contributed by atoms with Crippen LogP contribution in [-0.4, -0.2) is 99.0 Å². The Balaban J connectivity index is 1.62. The smallest absolute Gasteiger partial charge is 0.379 e. The molecule has 0 radical (unpaired) electrons. The van der Waals surface area contributed by atoms with Gasteiger partial charge in [0.05, 0.1) is 19.3 Å². The molecule has 0 aromatic heterocycles. The van der Waals surface area contributed by atoms with Gasteiger partial charge in [-0.1, -0.05) is 29.8 Å². The minimum Gasteiger partial charge on any atom is -0.379 e. The number of nitrogens with zero attached hydrogens (tertiary/aromatic N) is 4. The highest BCUT2D eigenvalue weighted by molar-refractivity contribution is 5.80. The fourth-order valence-corrected chi connectivity index (χ4v) is 4.27. The normalized spacial score (nSPS) is 21.7. The molecule has 0 amide bonds. The molecule has 1 aromatic rings.